The van der Waals surface area contributed by atoms with Crippen molar-refractivity contribution < 1.29 is 9.90 Å². The van der Waals surface area contributed by atoms with E-state index in [1.54, 1.807) is 6.20 Å². The molecule has 0 aliphatic heterocycles. The number of hydrogen-bond acceptors (Lipinski definition) is 6. The highest BCUT2D eigenvalue weighted by Gasteiger charge is 2.20. The van der Waals surface area contributed by atoms with Gasteiger partial charge in [0.05, 0.1) is 11.4 Å². The summed E-state index contributed by atoms with van der Waals surface area (Å²) < 4.78 is 0. The molecule has 22 heavy (non-hydrogen) atoms. The second-order valence-corrected chi connectivity index (χ2v) is 6.36. The van der Waals surface area contributed by atoms with Crippen molar-refractivity contribution in [2.24, 2.45) is 0 Å². The molecule has 0 saturated carbocycles. The van der Waals surface area contributed by atoms with Crippen LogP contribution in [0.4, 0.5) is 0 Å². The van der Waals surface area contributed by atoms with E-state index in [9.17, 15) is 9.90 Å². The summed E-state index contributed by atoms with van der Waals surface area (Å²) >= 11 is 2.93. The zero-order chi connectivity index (χ0) is 15.4. The Morgan fingerprint density at radius 1 is 1.27 bits per heavy atom. The van der Waals surface area contributed by atoms with Crippen LogP contribution in [-0.4, -0.2) is 21.0 Å². The van der Waals surface area contributed by atoms with Crippen LogP contribution in [0.15, 0.2) is 47.3 Å². The normalized spacial score (nSPS) is 12.2. The quantitative estimate of drug-likeness (QED) is 0.725. The highest BCUT2D eigenvalue weighted by atomic mass is 32.1. The van der Waals surface area contributed by atoms with Gasteiger partial charge in [0.25, 0.3) is 0 Å². The summed E-state index contributed by atoms with van der Waals surface area (Å²) in [5.74, 6) is -0.886. The van der Waals surface area contributed by atoms with E-state index in [0.29, 0.717) is 6.54 Å². The molecule has 3 aromatic rings. The lowest BCUT2D eigenvalue weighted by molar-refractivity contribution is -0.139. The Morgan fingerprint density at radius 3 is 2.86 bits per heavy atom. The monoisotopic (exact) mass is 331 g/mol. The molecule has 3 rings (SSSR count). The van der Waals surface area contributed by atoms with Gasteiger partial charge in [-0.1, -0.05) is 12.1 Å². The second kappa shape index (κ2) is 6.78. The van der Waals surface area contributed by atoms with Crippen molar-refractivity contribution in [3.8, 4) is 10.7 Å². The first-order chi connectivity index (χ1) is 10.7. The highest BCUT2D eigenvalue weighted by molar-refractivity contribution is 7.13. The number of carboxylic acids is 1. The Bertz CT molecular complexity index is 741. The van der Waals surface area contributed by atoms with Crippen molar-refractivity contribution in [2.45, 2.75) is 12.6 Å². The molecule has 1 atom stereocenters. The van der Waals surface area contributed by atoms with E-state index in [2.05, 4.69) is 15.3 Å². The van der Waals surface area contributed by atoms with E-state index in [1.807, 2.05) is 41.1 Å². The largest absolute Gasteiger partial charge is 0.480 e. The Kier molecular flexibility index (Phi) is 4.57. The average molecular weight is 331 g/mol. The number of carbonyl (C=O) groups is 1. The average Bonchev–Trinajstić information content (AvgIpc) is 3.20. The Morgan fingerprint density at radius 2 is 2.18 bits per heavy atom. The standard InChI is InChI=1S/C15H13N3O2S2/c19-15(20)13(12-5-3-7-21-12)17-8-10-9-22-14(18-10)11-4-1-2-6-16-11/h1-7,9,13,17H,8H2,(H,19,20). The molecule has 3 aromatic heterocycles. The van der Waals surface area contributed by atoms with Crippen molar-refractivity contribution in [3.05, 3.63) is 57.9 Å². The maximum absolute atomic E-state index is 11.4. The van der Waals surface area contributed by atoms with E-state index in [-0.39, 0.29) is 0 Å². The van der Waals surface area contributed by atoms with Crippen LogP contribution in [0.1, 0.15) is 16.6 Å². The van der Waals surface area contributed by atoms with Crippen LogP contribution in [0.25, 0.3) is 10.7 Å². The third kappa shape index (κ3) is 3.38. The van der Waals surface area contributed by atoms with Crippen molar-refractivity contribution in [1.29, 1.82) is 0 Å². The molecule has 3 heterocycles. The minimum Gasteiger partial charge on any atom is -0.480 e. The molecular weight excluding hydrogens is 318 g/mol. The van der Waals surface area contributed by atoms with E-state index < -0.39 is 12.0 Å². The molecule has 7 heteroatoms. The molecule has 2 N–H and O–H groups in total. The molecule has 1 unspecified atom stereocenters. The van der Waals surface area contributed by atoms with Gasteiger partial charge in [-0.3, -0.25) is 15.1 Å². The molecule has 0 amide bonds. The first-order valence-corrected chi connectivity index (χ1v) is 8.35. The molecule has 0 aliphatic carbocycles. The molecule has 0 saturated heterocycles. The zero-order valence-corrected chi connectivity index (χ0v) is 13.1. The number of thiophene rings is 1. The molecule has 112 valence electrons. The summed E-state index contributed by atoms with van der Waals surface area (Å²) in [4.78, 5) is 20.9. The third-order valence-electron chi connectivity index (χ3n) is 3.00. The van der Waals surface area contributed by atoms with Crippen LogP contribution in [-0.2, 0) is 11.3 Å². The second-order valence-electron chi connectivity index (χ2n) is 4.53. The van der Waals surface area contributed by atoms with Crippen molar-refractivity contribution >= 4 is 28.6 Å². The van der Waals surface area contributed by atoms with Crippen molar-refractivity contribution in [2.75, 3.05) is 0 Å². The predicted molar refractivity (Wildman–Crippen MR) is 86.9 cm³/mol. The van der Waals surface area contributed by atoms with Crippen LogP contribution in [0, 0.1) is 0 Å². The Labute approximate surface area is 135 Å². The minimum atomic E-state index is -0.886. The van der Waals surface area contributed by atoms with Gasteiger partial charge < -0.3 is 5.11 Å². The van der Waals surface area contributed by atoms with Gasteiger partial charge >= 0.3 is 5.97 Å². The smallest absolute Gasteiger partial charge is 0.326 e. The maximum atomic E-state index is 11.4. The van der Waals surface area contributed by atoms with Crippen molar-refractivity contribution in [3.63, 3.8) is 0 Å². The summed E-state index contributed by atoms with van der Waals surface area (Å²) in [7, 11) is 0. The number of nitrogens with one attached hydrogen (secondary N) is 1. The van der Waals surface area contributed by atoms with Crippen LogP contribution in [0.3, 0.4) is 0 Å². The lowest BCUT2D eigenvalue weighted by Crippen LogP contribution is -2.27. The summed E-state index contributed by atoms with van der Waals surface area (Å²) in [5, 5.41) is 17.0. The fourth-order valence-corrected chi connectivity index (χ4v) is 3.55. The van der Waals surface area contributed by atoms with Crippen LogP contribution >= 0.6 is 22.7 Å². The van der Waals surface area contributed by atoms with Gasteiger partial charge in [0.1, 0.15) is 11.0 Å². The van der Waals surface area contributed by atoms with E-state index >= 15 is 0 Å². The van der Waals surface area contributed by atoms with Gasteiger partial charge in [-0.25, -0.2) is 4.98 Å². The van der Waals surface area contributed by atoms with E-state index in [4.69, 9.17) is 0 Å². The van der Waals surface area contributed by atoms with E-state index in [1.165, 1.54) is 22.7 Å². The molecule has 0 radical (unpaired) electrons. The van der Waals surface area contributed by atoms with Gasteiger partial charge in [0.15, 0.2) is 0 Å². The summed E-state index contributed by atoms with van der Waals surface area (Å²) in [5.41, 5.74) is 1.64. The van der Waals surface area contributed by atoms with Gasteiger partial charge in [-0.2, -0.15) is 0 Å². The molecule has 0 spiro atoms. The van der Waals surface area contributed by atoms with Crippen LogP contribution in [0.2, 0.25) is 0 Å². The number of hydrogen-bond donors (Lipinski definition) is 2. The van der Waals surface area contributed by atoms with Crippen LogP contribution in [0.5, 0.6) is 0 Å². The fourth-order valence-electron chi connectivity index (χ4n) is 1.97. The lowest BCUT2D eigenvalue weighted by atomic mass is 10.2. The first kappa shape index (κ1) is 14.8. The molecule has 0 bridgehead atoms. The Balaban J connectivity index is 1.69. The number of rotatable bonds is 6. The maximum Gasteiger partial charge on any atom is 0.326 e. The lowest BCUT2D eigenvalue weighted by Gasteiger charge is -2.11. The fraction of sp³-hybridized carbons (Fsp3) is 0.133. The third-order valence-corrected chi connectivity index (χ3v) is 4.85. The summed E-state index contributed by atoms with van der Waals surface area (Å²) in [6, 6.07) is 8.63. The van der Waals surface area contributed by atoms with Gasteiger partial charge in [0, 0.05) is 23.0 Å². The minimum absolute atomic E-state index is 0.401. The number of nitrogens with zero attached hydrogens (tertiary/aromatic N) is 2. The highest BCUT2D eigenvalue weighted by Crippen LogP contribution is 2.23. The zero-order valence-electron chi connectivity index (χ0n) is 11.5. The SMILES string of the molecule is O=C(O)C(NCc1csc(-c2ccccn2)n1)c1cccs1. The number of aromatic nitrogens is 2. The van der Waals surface area contributed by atoms with Crippen LogP contribution < -0.4 is 5.32 Å². The molecule has 0 aliphatic rings. The van der Waals surface area contributed by atoms with Gasteiger partial charge in [-0.05, 0) is 23.6 Å². The molecular formula is C15H13N3O2S2. The molecule has 0 aromatic carbocycles. The first-order valence-electron chi connectivity index (χ1n) is 6.59. The number of carboxylic acid groups (broad SMARTS) is 1. The topological polar surface area (TPSA) is 75.1 Å². The molecule has 5 nitrogen and oxygen atoms in total. The number of pyridine rings is 1. The van der Waals surface area contributed by atoms with Gasteiger partial charge in [-0.15, -0.1) is 22.7 Å². The van der Waals surface area contributed by atoms with Gasteiger partial charge in [0.2, 0.25) is 0 Å². The number of thiazole rings is 1. The summed E-state index contributed by atoms with van der Waals surface area (Å²) in [6.07, 6.45) is 1.73. The predicted octanol–water partition coefficient (Wildman–Crippen LogP) is 3.18. The van der Waals surface area contributed by atoms with Crippen molar-refractivity contribution in [1.82, 2.24) is 15.3 Å². The molecule has 0 fully saturated rings. The number of aliphatic carboxylic acids is 1. The Hall–Kier alpha value is -2.09. The van der Waals surface area contributed by atoms with E-state index in [0.717, 1.165) is 21.3 Å². The summed E-state index contributed by atoms with van der Waals surface area (Å²) in [6.45, 7) is 0.401.